The predicted molar refractivity (Wildman–Crippen MR) is 63.2 cm³/mol. The Balaban J connectivity index is 2.25. The largest absolute Gasteiger partial charge is 0.445 e. The maximum Gasteiger partial charge on any atom is 0.408 e. The number of aromatic nitrogens is 1. The van der Waals surface area contributed by atoms with Crippen LogP contribution in [0.1, 0.15) is 23.3 Å². The number of hydrogen-bond acceptors (Lipinski definition) is 3. The summed E-state index contributed by atoms with van der Waals surface area (Å²) in [6.45, 7) is 1.22. The summed E-state index contributed by atoms with van der Waals surface area (Å²) in [4.78, 5) is 3.74. The number of hydrogen-bond donors (Lipinski definition) is 1. The zero-order valence-corrected chi connectivity index (χ0v) is 10.8. The van der Waals surface area contributed by atoms with E-state index in [0.717, 1.165) is 18.2 Å². The zero-order valence-electron chi connectivity index (χ0n) is 10.8. The molecule has 0 saturated carbocycles. The van der Waals surface area contributed by atoms with Gasteiger partial charge in [-0.25, -0.2) is 13.8 Å². The number of aryl methyl sites for hydroxylation is 1. The Bertz CT molecular complexity index is 623. The smallest absolute Gasteiger partial charge is 0.408 e. The van der Waals surface area contributed by atoms with Crippen molar-refractivity contribution in [2.45, 2.75) is 25.7 Å². The molecule has 0 radical (unpaired) electrons. The number of nitrogens with zero attached hydrogens (tertiary/aromatic N) is 1. The predicted octanol–water partition coefficient (Wildman–Crippen LogP) is 3.65. The van der Waals surface area contributed by atoms with Gasteiger partial charge in [0.15, 0.2) is 11.6 Å². The van der Waals surface area contributed by atoms with E-state index >= 15 is 0 Å². The highest BCUT2D eigenvalue weighted by molar-refractivity contribution is 5.24. The first-order valence-corrected chi connectivity index (χ1v) is 5.94. The van der Waals surface area contributed by atoms with Crippen LogP contribution in [-0.4, -0.2) is 11.2 Å². The van der Waals surface area contributed by atoms with Crippen LogP contribution in [0.5, 0.6) is 0 Å². The van der Waals surface area contributed by atoms with Crippen LogP contribution in [0.25, 0.3) is 0 Å². The first-order chi connectivity index (χ1) is 9.79. The van der Waals surface area contributed by atoms with E-state index in [1.807, 2.05) is 0 Å². The molecule has 0 aliphatic carbocycles. The molecular weight excluding hydrogens is 295 g/mol. The summed E-state index contributed by atoms with van der Waals surface area (Å²) in [7, 11) is 0. The molecule has 2 rings (SSSR count). The van der Waals surface area contributed by atoms with Crippen LogP contribution >= 0.6 is 0 Å². The molecule has 0 aliphatic rings. The lowest BCUT2D eigenvalue weighted by Gasteiger charge is -2.22. The first kappa shape index (κ1) is 15.4. The average molecular weight is 306 g/mol. The number of rotatable bonds is 4. The van der Waals surface area contributed by atoms with Crippen LogP contribution in [0.2, 0.25) is 0 Å². The fourth-order valence-electron chi connectivity index (χ4n) is 1.82. The molecule has 1 aromatic heterocycles. The van der Waals surface area contributed by atoms with Gasteiger partial charge < -0.3 is 4.42 Å². The van der Waals surface area contributed by atoms with Gasteiger partial charge in [0.05, 0.1) is 12.7 Å². The second-order valence-corrected chi connectivity index (χ2v) is 4.36. The standard InChI is InChI=1S/C13H11F5N2O/c1-7-5-19-10(21-7)6-20-12(13(16,17)18)8-3-2-4-9(14)11(8)15/h2-5,12,20H,6H2,1H3/t12-/m1/s1. The van der Waals surface area contributed by atoms with Crippen molar-refractivity contribution in [2.24, 2.45) is 0 Å². The van der Waals surface area contributed by atoms with Gasteiger partial charge in [-0.15, -0.1) is 0 Å². The van der Waals surface area contributed by atoms with Gasteiger partial charge in [-0.2, -0.15) is 13.2 Å². The third-order valence-corrected chi connectivity index (χ3v) is 2.75. The van der Waals surface area contributed by atoms with Gasteiger partial charge in [-0.05, 0) is 13.0 Å². The molecule has 0 spiro atoms. The van der Waals surface area contributed by atoms with Crippen molar-refractivity contribution in [1.29, 1.82) is 0 Å². The van der Waals surface area contributed by atoms with Gasteiger partial charge in [-0.3, -0.25) is 5.32 Å². The van der Waals surface area contributed by atoms with Crippen molar-refractivity contribution in [3.63, 3.8) is 0 Å². The van der Waals surface area contributed by atoms with Crippen LogP contribution in [0.15, 0.2) is 28.8 Å². The quantitative estimate of drug-likeness (QED) is 0.876. The van der Waals surface area contributed by atoms with Crippen LogP contribution in [0, 0.1) is 18.6 Å². The molecule has 0 aliphatic heterocycles. The van der Waals surface area contributed by atoms with Crippen LogP contribution in [-0.2, 0) is 6.54 Å². The molecule has 0 fully saturated rings. The van der Waals surface area contributed by atoms with Gasteiger partial charge in [0, 0.05) is 5.56 Å². The number of benzene rings is 1. The highest BCUT2D eigenvalue weighted by Crippen LogP contribution is 2.34. The number of nitrogens with one attached hydrogen (secondary N) is 1. The summed E-state index contributed by atoms with van der Waals surface area (Å²) in [5, 5.41) is 2.09. The topological polar surface area (TPSA) is 38.1 Å². The van der Waals surface area contributed by atoms with Crippen LogP contribution in [0.4, 0.5) is 22.0 Å². The van der Waals surface area contributed by atoms with E-state index < -0.39 is 29.4 Å². The SMILES string of the molecule is Cc1cnc(CN[C@H](c2cccc(F)c2F)C(F)(F)F)o1. The van der Waals surface area contributed by atoms with E-state index in [4.69, 9.17) is 4.42 Å². The van der Waals surface area contributed by atoms with Crippen molar-refractivity contribution >= 4 is 0 Å². The van der Waals surface area contributed by atoms with E-state index in [1.165, 1.54) is 6.20 Å². The van der Waals surface area contributed by atoms with Crippen molar-refractivity contribution < 1.29 is 26.4 Å². The lowest BCUT2D eigenvalue weighted by molar-refractivity contribution is -0.159. The molecule has 2 aromatic rings. The van der Waals surface area contributed by atoms with E-state index in [9.17, 15) is 22.0 Å². The second-order valence-electron chi connectivity index (χ2n) is 4.36. The summed E-state index contributed by atoms with van der Waals surface area (Å²) in [5.41, 5.74) is -0.814. The number of oxazole rings is 1. The van der Waals surface area contributed by atoms with Crippen LogP contribution < -0.4 is 5.32 Å². The van der Waals surface area contributed by atoms with Crippen LogP contribution in [0.3, 0.4) is 0 Å². The molecule has 0 unspecified atom stereocenters. The summed E-state index contributed by atoms with van der Waals surface area (Å²) >= 11 is 0. The van der Waals surface area contributed by atoms with E-state index in [2.05, 4.69) is 10.3 Å². The molecule has 1 heterocycles. The lowest BCUT2D eigenvalue weighted by Crippen LogP contribution is -2.34. The highest BCUT2D eigenvalue weighted by Gasteiger charge is 2.42. The zero-order chi connectivity index (χ0) is 15.6. The Kier molecular flexibility index (Phi) is 4.26. The molecule has 1 N–H and O–H groups in total. The van der Waals surface area contributed by atoms with Gasteiger partial charge in [0.25, 0.3) is 0 Å². The first-order valence-electron chi connectivity index (χ1n) is 5.94. The molecule has 1 aromatic carbocycles. The normalized spacial score (nSPS) is 13.4. The second kappa shape index (κ2) is 5.80. The summed E-state index contributed by atoms with van der Waals surface area (Å²) in [6, 6.07) is 0.290. The molecule has 1 atom stereocenters. The van der Waals surface area contributed by atoms with Gasteiger partial charge in [0.1, 0.15) is 11.8 Å². The van der Waals surface area contributed by atoms with Crippen molar-refractivity contribution in [1.82, 2.24) is 10.3 Å². The fraction of sp³-hybridized carbons (Fsp3) is 0.308. The fourth-order valence-corrected chi connectivity index (χ4v) is 1.82. The highest BCUT2D eigenvalue weighted by atomic mass is 19.4. The minimum absolute atomic E-state index is 0.0264. The van der Waals surface area contributed by atoms with Gasteiger partial charge in [0.2, 0.25) is 5.89 Å². The monoisotopic (exact) mass is 306 g/mol. The van der Waals surface area contributed by atoms with Gasteiger partial charge in [-0.1, -0.05) is 12.1 Å². The summed E-state index contributed by atoms with van der Waals surface area (Å²) in [6.07, 6.45) is -3.45. The van der Waals surface area contributed by atoms with Gasteiger partial charge >= 0.3 is 6.18 Å². The van der Waals surface area contributed by atoms with Crippen molar-refractivity contribution in [2.75, 3.05) is 0 Å². The summed E-state index contributed by atoms with van der Waals surface area (Å²) < 4.78 is 70.7. The Morgan fingerprint density at radius 1 is 1.29 bits per heavy atom. The third-order valence-electron chi connectivity index (χ3n) is 2.75. The molecule has 21 heavy (non-hydrogen) atoms. The Morgan fingerprint density at radius 3 is 2.57 bits per heavy atom. The van der Waals surface area contributed by atoms with Crippen molar-refractivity contribution in [3.8, 4) is 0 Å². The Morgan fingerprint density at radius 2 is 2.00 bits per heavy atom. The van der Waals surface area contributed by atoms with E-state index in [1.54, 1.807) is 6.92 Å². The Labute approximate surface area is 116 Å². The molecule has 3 nitrogen and oxygen atoms in total. The minimum Gasteiger partial charge on any atom is -0.445 e. The molecule has 8 heteroatoms. The average Bonchev–Trinajstić information content (AvgIpc) is 2.79. The van der Waals surface area contributed by atoms with Crippen molar-refractivity contribution in [3.05, 3.63) is 53.2 Å². The number of halogens is 5. The molecule has 0 amide bonds. The number of alkyl halides is 3. The van der Waals surface area contributed by atoms with E-state index in [0.29, 0.717) is 5.76 Å². The lowest BCUT2D eigenvalue weighted by atomic mass is 10.1. The molecule has 0 saturated heterocycles. The Hall–Kier alpha value is -1.96. The minimum atomic E-state index is -4.80. The molecule has 114 valence electrons. The third kappa shape index (κ3) is 3.57. The molecular formula is C13H11F5N2O. The molecule has 0 bridgehead atoms. The summed E-state index contributed by atoms with van der Waals surface area (Å²) in [5.74, 6) is -2.41. The maximum atomic E-state index is 13.6. The maximum absolute atomic E-state index is 13.6. The van der Waals surface area contributed by atoms with E-state index in [-0.39, 0.29) is 12.4 Å².